The predicted octanol–water partition coefficient (Wildman–Crippen LogP) is 3.34. The number of nitrogens with one attached hydrogen (secondary N) is 3. The van der Waals surface area contributed by atoms with Crippen molar-refractivity contribution in [3.63, 3.8) is 0 Å². The first-order valence-corrected chi connectivity index (χ1v) is 12.2. The molecule has 2 atom stereocenters. The number of hydrogen-bond acceptors (Lipinski definition) is 8. The van der Waals surface area contributed by atoms with Crippen LogP contribution in [0.1, 0.15) is 77.0 Å². The molecule has 11 nitrogen and oxygen atoms in total. The summed E-state index contributed by atoms with van der Waals surface area (Å²) in [6.07, 6.45) is -2.05. The van der Waals surface area contributed by atoms with E-state index in [9.17, 15) is 24.1 Å². The second-order valence-corrected chi connectivity index (χ2v) is 11.8. The van der Waals surface area contributed by atoms with E-state index in [1.165, 1.54) is 30.1 Å². The third-order valence-electron chi connectivity index (χ3n) is 5.30. The molecular formula is C23H35N5O6S. The molecule has 0 bridgehead atoms. The monoisotopic (exact) mass is 509 g/mol. The molecule has 0 spiro atoms. The Morgan fingerprint density at radius 3 is 2.43 bits per heavy atom. The van der Waals surface area contributed by atoms with Gasteiger partial charge in [0.15, 0.2) is 6.17 Å². The van der Waals surface area contributed by atoms with Gasteiger partial charge in [-0.1, -0.05) is 20.8 Å². The molecule has 2 unspecified atom stereocenters. The Morgan fingerprint density at radius 2 is 1.89 bits per heavy atom. The maximum Gasteiger partial charge on any atom is 0.412 e. The molecule has 35 heavy (non-hydrogen) atoms. The van der Waals surface area contributed by atoms with Crippen LogP contribution >= 0.6 is 11.3 Å². The highest BCUT2D eigenvalue weighted by Gasteiger charge is 2.47. The van der Waals surface area contributed by atoms with Crippen LogP contribution in [0.2, 0.25) is 0 Å². The number of amides is 4. The zero-order valence-corrected chi connectivity index (χ0v) is 22.3. The van der Waals surface area contributed by atoms with Crippen molar-refractivity contribution in [2.24, 2.45) is 5.18 Å². The number of nitroso groups, excluding NO2 is 1. The van der Waals surface area contributed by atoms with Gasteiger partial charge in [-0.3, -0.25) is 19.7 Å². The Bertz CT molecular complexity index is 1010. The Labute approximate surface area is 209 Å². The lowest BCUT2D eigenvalue weighted by Crippen LogP contribution is -2.66. The number of anilines is 1. The minimum Gasteiger partial charge on any atom is -0.444 e. The minimum atomic E-state index is -1.52. The van der Waals surface area contributed by atoms with Gasteiger partial charge >= 0.3 is 6.09 Å². The third kappa shape index (κ3) is 7.00. The van der Waals surface area contributed by atoms with E-state index in [-0.39, 0.29) is 30.5 Å². The Hall–Kier alpha value is -3.02. The molecule has 0 saturated carbocycles. The highest BCUT2D eigenvalue weighted by atomic mass is 32.1. The van der Waals surface area contributed by atoms with Crippen LogP contribution < -0.4 is 16.0 Å². The molecular weight excluding hydrogens is 474 g/mol. The maximum absolute atomic E-state index is 13.8. The predicted molar refractivity (Wildman–Crippen MR) is 133 cm³/mol. The highest BCUT2D eigenvalue weighted by molar-refractivity contribution is 7.16. The molecule has 2 heterocycles. The van der Waals surface area contributed by atoms with Crippen molar-refractivity contribution in [2.45, 2.75) is 84.5 Å². The summed E-state index contributed by atoms with van der Waals surface area (Å²) < 4.78 is 5.36. The first kappa shape index (κ1) is 28.2. The molecule has 1 saturated heterocycles. The fourth-order valence-electron chi connectivity index (χ4n) is 3.52. The molecule has 0 aromatic carbocycles. The van der Waals surface area contributed by atoms with Crippen LogP contribution in [0.15, 0.2) is 11.2 Å². The van der Waals surface area contributed by atoms with Crippen molar-refractivity contribution in [2.75, 3.05) is 18.4 Å². The Balaban J connectivity index is 2.45. The largest absolute Gasteiger partial charge is 0.444 e. The molecule has 2 rings (SSSR count). The molecule has 3 N–H and O–H groups in total. The molecule has 0 radical (unpaired) electrons. The molecule has 1 aromatic rings. The van der Waals surface area contributed by atoms with E-state index < -0.39 is 41.1 Å². The van der Waals surface area contributed by atoms with Gasteiger partial charge in [-0.2, -0.15) is 0 Å². The fraction of sp³-hybridized carbons (Fsp3) is 0.652. The van der Waals surface area contributed by atoms with Crippen LogP contribution in [0.3, 0.4) is 0 Å². The summed E-state index contributed by atoms with van der Waals surface area (Å²) in [4.78, 5) is 64.6. The first-order chi connectivity index (χ1) is 16.0. The van der Waals surface area contributed by atoms with Crippen LogP contribution in [0.5, 0.6) is 0 Å². The van der Waals surface area contributed by atoms with Crippen molar-refractivity contribution < 1.29 is 23.9 Å². The summed E-state index contributed by atoms with van der Waals surface area (Å²) in [5, 5.41) is 10.8. The fourth-order valence-corrected chi connectivity index (χ4v) is 4.61. The second kappa shape index (κ2) is 10.3. The van der Waals surface area contributed by atoms with E-state index in [2.05, 4.69) is 21.1 Å². The highest BCUT2D eigenvalue weighted by Crippen LogP contribution is 2.38. The lowest BCUT2D eigenvalue weighted by atomic mass is 9.90. The third-order valence-corrected chi connectivity index (χ3v) is 6.78. The summed E-state index contributed by atoms with van der Waals surface area (Å²) in [7, 11) is 0. The lowest BCUT2D eigenvalue weighted by Gasteiger charge is -2.43. The maximum atomic E-state index is 13.8. The SMILES string of the molecule is CC(N=O)NC(=O)CC1(C)C(=O)NCCN1C(=O)c1cc(C(C)(C)C)sc1NC(=O)OC(C)(C)C. The van der Waals surface area contributed by atoms with Gasteiger partial charge in [-0.25, -0.2) is 4.79 Å². The van der Waals surface area contributed by atoms with E-state index in [4.69, 9.17) is 4.74 Å². The van der Waals surface area contributed by atoms with Crippen molar-refractivity contribution in [1.82, 2.24) is 15.5 Å². The van der Waals surface area contributed by atoms with Gasteiger partial charge in [0.2, 0.25) is 11.8 Å². The van der Waals surface area contributed by atoms with Crippen LogP contribution in [0.25, 0.3) is 0 Å². The normalized spacial score (nSPS) is 19.4. The summed E-state index contributed by atoms with van der Waals surface area (Å²) >= 11 is 1.25. The average molecular weight is 510 g/mol. The second-order valence-electron chi connectivity index (χ2n) is 10.7. The Kier molecular flexibility index (Phi) is 8.31. The summed E-state index contributed by atoms with van der Waals surface area (Å²) in [5.74, 6) is -1.59. The van der Waals surface area contributed by atoms with Gasteiger partial charge in [0.1, 0.15) is 16.1 Å². The molecule has 194 valence electrons. The van der Waals surface area contributed by atoms with Crippen molar-refractivity contribution in [3.05, 3.63) is 21.4 Å². The van der Waals surface area contributed by atoms with E-state index in [0.717, 1.165) is 4.88 Å². The number of piperazine rings is 1. The van der Waals surface area contributed by atoms with Gasteiger partial charge in [0.05, 0.1) is 12.0 Å². The quantitative estimate of drug-likeness (QED) is 0.501. The molecule has 1 fully saturated rings. The smallest absolute Gasteiger partial charge is 0.412 e. The van der Waals surface area contributed by atoms with Crippen molar-refractivity contribution in [1.29, 1.82) is 0 Å². The topological polar surface area (TPSA) is 146 Å². The number of ether oxygens (including phenoxy) is 1. The first-order valence-electron chi connectivity index (χ1n) is 11.3. The zero-order valence-electron chi connectivity index (χ0n) is 21.5. The zero-order chi connectivity index (χ0) is 26.8. The molecule has 1 aliphatic rings. The van der Waals surface area contributed by atoms with Crippen molar-refractivity contribution in [3.8, 4) is 0 Å². The van der Waals surface area contributed by atoms with E-state index >= 15 is 0 Å². The number of thiophene rings is 1. The molecule has 1 aromatic heterocycles. The number of rotatable bonds is 6. The minimum absolute atomic E-state index is 0.155. The van der Waals surface area contributed by atoms with E-state index in [0.29, 0.717) is 5.00 Å². The number of nitrogens with zero attached hydrogens (tertiary/aromatic N) is 2. The van der Waals surface area contributed by atoms with Gasteiger partial charge in [0, 0.05) is 18.0 Å². The molecule has 1 aliphatic heterocycles. The van der Waals surface area contributed by atoms with Gasteiger partial charge in [-0.05, 0) is 51.3 Å². The number of carbonyl (C=O) groups excluding carboxylic acids is 4. The molecule has 0 aliphatic carbocycles. The van der Waals surface area contributed by atoms with E-state index in [1.807, 2.05) is 20.8 Å². The number of carbonyl (C=O) groups is 4. The van der Waals surface area contributed by atoms with Crippen LogP contribution in [0.4, 0.5) is 9.80 Å². The summed E-state index contributed by atoms with van der Waals surface area (Å²) in [6, 6.07) is 1.70. The van der Waals surface area contributed by atoms with Gasteiger partial charge in [-0.15, -0.1) is 16.2 Å². The summed E-state index contributed by atoms with van der Waals surface area (Å²) in [6.45, 7) is 14.4. The number of hydrogen-bond donors (Lipinski definition) is 3. The molecule has 12 heteroatoms. The van der Waals surface area contributed by atoms with Crippen molar-refractivity contribution >= 4 is 40.2 Å². The van der Waals surface area contributed by atoms with E-state index in [1.54, 1.807) is 26.8 Å². The molecule has 4 amide bonds. The van der Waals surface area contributed by atoms with Crippen LogP contribution in [0, 0.1) is 4.91 Å². The van der Waals surface area contributed by atoms with Crippen LogP contribution in [-0.2, 0) is 19.7 Å². The average Bonchev–Trinajstić information content (AvgIpc) is 3.12. The van der Waals surface area contributed by atoms with Gasteiger partial charge < -0.3 is 20.3 Å². The van der Waals surface area contributed by atoms with Gasteiger partial charge in [0.25, 0.3) is 5.91 Å². The standard InChI is InChI=1S/C23H35N5O6S/c1-13(27-33)25-16(29)12-23(8)19(31)24-9-10-28(23)18(30)14-11-15(21(2,3)4)35-17(14)26-20(32)34-22(5,6)7/h11,13H,9-10,12H2,1-8H3,(H,24,31)(H,25,29)(H,26,32). The Morgan fingerprint density at radius 1 is 1.26 bits per heavy atom. The lowest BCUT2D eigenvalue weighted by molar-refractivity contribution is -0.139. The van der Waals surface area contributed by atoms with Crippen LogP contribution in [-0.4, -0.2) is 59.1 Å². The summed E-state index contributed by atoms with van der Waals surface area (Å²) in [5.41, 5.74) is -2.36.